The van der Waals surface area contributed by atoms with Crippen LogP contribution in [0.4, 0.5) is 0 Å². The van der Waals surface area contributed by atoms with E-state index in [2.05, 4.69) is 0 Å². The molecule has 0 amide bonds. The van der Waals surface area contributed by atoms with Gasteiger partial charge in [0.25, 0.3) is 10.2 Å². The van der Waals surface area contributed by atoms with Gasteiger partial charge in [0.15, 0.2) is 0 Å². The predicted octanol–water partition coefficient (Wildman–Crippen LogP) is 0.310. The molecule has 0 heterocycles. The van der Waals surface area contributed by atoms with E-state index >= 15 is 0 Å². The van der Waals surface area contributed by atoms with Gasteiger partial charge in [0.05, 0.1) is 0 Å². The Bertz CT molecular complexity index is 199. The molecule has 11 heavy (non-hydrogen) atoms. The Kier molecular flexibility index (Phi) is 3.99. The van der Waals surface area contributed by atoms with Crippen LogP contribution < -0.4 is 5.14 Å². The molecule has 68 valence electrons. The van der Waals surface area contributed by atoms with Crippen molar-refractivity contribution in [2.45, 2.75) is 33.2 Å². The van der Waals surface area contributed by atoms with Gasteiger partial charge < -0.3 is 0 Å². The Morgan fingerprint density at radius 2 is 1.91 bits per heavy atom. The van der Waals surface area contributed by atoms with Gasteiger partial charge in [-0.2, -0.15) is 12.7 Å². The van der Waals surface area contributed by atoms with Crippen molar-refractivity contribution < 1.29 is 8.42 Å². The fourth-order valence-corrected chi connectivity index (χ4v) is 1.92. The van der Waals surface area contributed by atoms with Crippen molar-refractivity contribution in [3.8, 4) is 0 Å². The zero-order valence-corrected chi connectivity index (χ0v) is 8.06. The summed E-state index contributed by atoms with van der Waals surface area (Å²) in [5, 5.41) is 4.96. The van der Waals surface area contributed by atoms with Gasteiger partial charge in [-0.3, -0.25) is 0 Å². The predicted molar refractivity (Wildman–Crippen MR) is 45.2 cm³/mol. The van der Waals surface area contributed by atoms with E-state index in [0.29, 0.717) is 6.54 Å². The zero-order chi connectivity index (χ0) is 9.07. The van der Waals surface area contributed by atoms with E-state index in [-0.39, 0.29) is 6.04 Å². The van der Waals surface area contributed by atoms with Crippen LogP contribution in [0.5, 0.6) is 0 Å². The lowest BCUT2D eigenvalue weighted by Gasteiger charge is -2.22. The lowest BCUT2D eigenvalue weighted by atomic mass is 10.4. The molecule has 0 aliphatic rings. The molecule has 0 aliphatic heterocycles. The van der Waals surface area contributed by atoms with Gasteiger partial charge in [0.1, 0.15) is 0 Å². The Balaban J connectivity index is 4.36. The van der Waals surface area contributed by atoms with E-state index < -0.39 is 10.2 Å². The van der Waals surface area contributed by atoms with E-state index in [1.165, 1.54) is 4.31 Å². The lowest BCUT2D eigenvalue weighted by molar-refractivity contribution is 0.354. The number of nitrogens with two attached hydrogens (primary N) is 1. The fourth-order valence-electron chi connectivity index (χ4n) is 0.900. The van der Waals surface area contributed by atoms with Crippen LogP contribution >= 0.6 is 0 Å². The molecule has 2 N–H and O–H groups in total. The summed E-state index contributed by atoms with van der Waals surface area (Å²) < 4.78 is 23.0. The standard InChI is InChI=1S/C6H16N2O2S/c1-4-5-8(6(2)3)11(7,9)10/h6H,4-5H2,1-3H3,(H2,7,9,10). The van der Waals surface area contributed by atoms with Crippen molar-refractivity contribution in [3.05, 3.63) is 0 Å². The molecule has 4 nitrogen and oxygen atoms in total. The minimum atomic E-state index is -3.49. The van der Waals surface area contributed by atoms with Crippen molar-refractivity contribution in [2.24, 2.45) is 5.14 Å². The van der Waals surface area contributed by atoms with Crippen LogP contribution in [0.25, 0.3) is 0 Å². The van der Waals surface area contributed by atoms with Crippen LogP contribution in [-0.2, 0) is 10.2 Å². The minimum Gasteiger partial charge on any atom is -0.216 e. The summed E-state index contributed by atoms with van der Waals surface area (Å²) in [7, 11) is -3.49. The Labute approximate surface area is 68.6 Å². The van der Waals surface area contributed by atoms with Crippen molar-refractivity contribution in [2.75, 3.05) is 6.54 Å². The van der Waals surface area contributed by atoms with Gasteiger partial charge in [-0.1, -0.05) is 6.92 Å². The average molecular weight is 180 g/mol. The first kappa shape index (κ1) is 10.9. The Morgan fingerprint density at radius 3 is 2.00 bits per heavy atom. The third-order valence-electron chi connectivity index (χ3n) is 1.35. The van der Waals surface area contributed by atoms with Crippen LogP contribution in [0.1, 0.15) is 27.2 Å². The smallest absolute Gasteiger partial charge is 0.216 e. The molecule has 0 aromatic carbocycles. The normalized spacial score (nSPS) is 12.9. The van der Waals surface area contributed by atoms with Crippen LogP contribution in [0.2, 0.25) is 0 Å². The van der Waals surface area contributed by atoms with Crippen LogP contribution in [0.3, 0.4) is 0 Å². The van der Waals surface area contributed by atoms with Crippen LogP contribution in [0, 0.1) is 0 Å². The second-order valence-corrected chi connectivity index (χ2v) is 4.25. The van der Waals surface area contributed by atoms with Gasteiger partial charge in [-0.15, -0.1) is 0 Å². The summed E-state index contributed by atoms with van der Waals surface area (Å²) in [5.41, 5.74) is 0. The first-order valence-corrected chi connectivity index (χ1v) is 5.19. The molecule has 0 unspecified atom stereocenters. The van der Waals surface area contributed by atoms with Crippen molar-refractivity contribution in [1.29, 1.82) is 0 Å². The summed E-state index contributed by atoms with van der Waals surface area (Å²) in [5.74, 6) is 0. The molecule has 0 radical (unpaired) electrons. The highest BCUT2D eigenvalue weighted by molar-refractivity contribution is 7.86. The summed E-state index contributed by atoms with van der Waals surface area (Å²) in [4.78, 5) is 0. The molecular formula is C6H16N2O2S. The SMILES string of the molecule is CCCN(C(C)C)S(N)(=O)=O. The molecule has 0 aliphatic carbocycles. The molecule has 0 rings (SSSR count). The van der Waals surface area contributed by atoms with Crippen LogP contribution in [-0.4, -0.2) is 25.3 Å². The highest BCUT2D eigenvalue weighted by atomic mass is 32.2. The average Bonchev–Trinajstić information content (AvgIpc) is 1.79. The number of rotatable bonds is 4. The maximum atomic E-state index is 10.9. The van der Waals surface area contributed by atoms with Gasteiger partial charge in [0, 0.05) is 12.6 Å². The molecule has 0 atom stereocenters. The van der Waals surface area contributed by atoms with Crippen LogP contribution in [0.15, 0.2) is 0 Å². The van der Waals surface area contributed by atoms with E-state index in [0.717, 1.165) is 6.42 Å². The van der Waals surface area contributed by atoms with Gasteiger partial charge in [0.2, 0.25) is 0 Å². The highest BCUT2D eigenvalue weighted by Gasteiger charge is 2.18. The Hall–Kier alpha value is -0.130. The largest absolute Gasteiger partial charge is 0.277 e. The molecule has 0 saturated carbocycles. The monoisotopic (exact) mass is 180 g/mol. The second-order valence-electron chi connectivity index (χ2n) is 2.75. The maximum absolute atomic E-state index is 10.9. The van der Waals surface area contributed by atoms with Gasteiger partial charge >= 0.3 is 0 Å². The third-order valence-corrected chi connectivity index (χ3v) is 2.60. The molecule has 0 fully saturated rings. The third kappa shape index (κ3) is 3.69. The zero-order valence-electron chi connectivity index (χ0n) is 7.24. The van der Waals surface area contributed by atoms with Gasteiger partial charge in [-0.05, 0) is 20.3 Å². The van der Waals surface area contributed by atoms with Gasteiger partial charge in [-0.25, -0.2) is 5.14 Å². The first-order valence-electron chi connectivity index (χ1n) is 3.69. The molecule has 0 bridgehead atoms. The fraction of sp³-hybridized carbons (Fsp3) is 1.00. The topological polar surface area (TPSA) is 63.4 Å². The van der Waals surface area contributed by atoms with E-state index in [1.54, 1.807) is 13.8 Å². The van der Waals surface area contributed by atoms with E-state index in [9.17, 15) is 8.42 Å². The van der Waals surface area contributed by atoms with Crippen molar-refractivity contribution in [1.82, 2.24) is 4.31 Å². The molecular weight excluding hydrogens is 164 g/mol. The minimum absolute atomic E-state index is 0.0510. The molecule has 0 aromatic rings. The Morgan fingerprint density at radius 1 is 1.45 bits per heavy atom. The maximum Gasteiger partial charge on any atom is 0.277 e. The summed E-state index contributed by atoms with van der Waals surface area (Å²) in [6, 6.07) is -0.0510. The van der Waals surface area contributed by atoms with Crippen molar-refractivity contribution in [3.63, 3.8) is 0 Å². The molecule has 0 aromatic heterocycles. The number of hydrogen-bond acceptors (Lipinski definition) is 2. The molecule has 5 heteroatoms. The quantitative estimate of drug-likeness (QED) is 0.676. The van der Waals surface area contributed by atoms with E-state index in [4.69, 9.17) is 5.14 Å². The summed E-state index contributed by atoms with van der Waals surface area (Å²) in [6.07, 6.45) is 0.786. The van der Waals surface area contributed by atoms with Crippen molar-refractivity contribution >= 4 is 10.2 Å². The van der Waals surface area contributed by atoms with E-state index in [1.807, 2.05) is 6.92 Å². The number of nitrogens with zero attached hydrogens (tertiary/aromatic N) is 1. The second kappa shape index (κ2) is 4.04. The lowest BCUT2D eigenvalue weighted by Crippen LogP contribution is -2.41. The summed E-state index contributed by atoms with van der Waals surface area (Å²) in [6.45, 7) is 6.02. The molecule has 0 spiro atoms. The first-order chi connectivity index (χ1) is 4.89. The molecule has 0 saturated heterocycles. The summed E-state index contributed by atoms with van der Waals surface area (Å²) >= 11 is 0. The number of hydrogen-bond donors (Lipinski definition) is 1. The highest BCUT2D eigenvalue weighted by Crippen LogP contribution is 2.02.